The topological polar surface area (TPSA) is 26.3 Å². The van der Waals surface area contributed by atoms with Crippen molar-refractivity contribution in [1.82, 2.24) is 0 Å². The fourth-order valence-corrected chi connectivity index (χ4v) is 4.13. The molecule has 78 valence electrons. The van der Waals surface area contributed by atoms with Gasteiger partial charge in [-0.05, 0) is 18.1 Å². The molecule has 0 N–H and O–H groups in total. The number of aldehydes is 1. The molecule has 3 heteroatoms. The third-order valence-corrected chi connectivity index (χ3v) is 7.46. The van der Waals surface area contributed by atoms with Crippen LogP contribution in [0.25, 0.3) is 0 Å². The Labute approximate surface area is 82.8 Å². The molecule has 0 amide bonds. The largest absolute Gasteiger partial charge is 0.416 e. The highest BCUT2D eigenvalue weighted by Gasteiger charge is 2.28. The van der Waals surface area contributed by atoms with Gasteiger partial charge in [-0.1, -0.05) is 27.7 Å². The van der Waals surface area contributed by atoms with Crippen LogP contribution >= 0.6 is 0 Å². The fourth-order valence-electron chi connectivity index (χ4n) is 1.40. The lowest BCUT2D eigenvalue weighted by molar-refractivity contribution is -0.111. The molecule has 0 spiro atoms. The summed E-state index contributed by atoms with van der Waals surface area (Å²) in [6.45, 7) is 9.12. The van der Waals surface area contributed by atoms with E-state index in [1.165, 1.54) is 0 Å². The molecule has 0 aliphatic carbocycles. The molecular formula is C10H22O2Si. The molecule has 0 fully saturated rings. The van der Waals surface area contributed by atoms with E-state index in [0.29, 0.717) is 6.61 Å². The first-order valence-corrected chi connectivity index (χ1v) is 7.76. The van der Waals surface area contributed by atoms with E-state index >= 15 is 0 Å². The van der Waals surface area contributed by atoms with Crippen LogP contribution in [0.15, 0.2) is 0 Å². The first-order valence-electron chi connectivity index (χ1n) is 5.23. The Balaban J connectivity index is 4.02. The Morgan fingerprint density at radius 2 is 1.69 bits per heavy atom. The van der Waals surface area contributed by atoms with E-state index < -0.39 is 8.32 Å². The maximum Gasteiger partial charge on any atom is 0.192 e. The highest BCUT2D eigenvalue weighted by Crippen LogP contribution is 2.21. The zero-order chi connectivity index (χ0) is 10.3. The van der Waals surface area contributed by atoms with E-state index in [1.807, 2.05) is 6.92 Å². The number of carbonyl (C=O) groups excluding carboxylic acids is 1. The molecular weight excluding hydrogens is 180 g/mol. The van der Waals surface area contributed by atoms with Crippen molar-refractivity contribution in [2.45, 2.75) is 45.8 Å². The summed E-state index contributed by atoms with van der Waals surface area (Å²) in [5.74, 6) is 0.0523. The van der Waals surface area contributed by atoms with E-state index in [9.17, 15) is 4.79 Å². The normalized spacial score (nSPS) is 14.2. The summed E-state index contributed by atoms with van der Waals surface area (Å²) in [6, 6.07) is 3.47. The van der Waals surface area contributed by atoms with Crippen molar-refractivity contribution < 1.29 is 9.22 Å². The average Bonchev–Trinajstić information content (AvgIpc) is 2.20. The van der Waals surface area contributed by atoms with E-state index in [0.717, 1.165) is 24.4 Å². The van der Waals surface area contributed by atoms with Crippen molar-refractivity contribution in [3.05, 3.63) is 0 Å². The molecule has 0 heterocycles. The first kappa shape index (κ1) is 12.8. The van der Waals surface area contributed by atoms with Gasteiger partial charge in [0, 0.05) is 12.5 Å². The molecule has 13 heavy (non-hydrogen) atoms. The summed E-state index contributed by atoms with van der Waals surface area (Å²) >= 11 is 0. The number of rotatable bonds is 7. The lowest BCUT2D eigenvalue weighted by Crippen LogP contribution is -2.37. The second kappa shape index (κ2) is 6.32. The molecule has 1 atom stereocenters. The Kier molecular flexibility index (Phi) is 6.25. The molecule has 0 aromatic rings. The summed E-state index contributed by atoms with van der Waals surface area (Å²) in [6.07, 6.45) is 0.972. The minimum absolute atomic E-state index is 0.0523. The summed E-state index contributed by atoms with van der Waals surface area (Å²) < 4.78 is 5.94. The van der Waals surface area contributed by atoms with Crippen LogP contribution in [0, 0.1) is 5.92 Å². The van der Waals surface area contributed by atoms with Crippen LogP contribution in [-0.2, 0) is 9.22 Å². The molecule has 0 saturated heterocycles. The van der Waals surface area contributed by atoms with Crippen LogP contribution in [0.5, 0.6) is 0 Å². The molecule has 0 aliphatic heterocycles. The fraction of sp³-hybridized carbons (Fsp3) is 0.900. The third-order valence-electron chi connectivity index (χ3n) is 2.82. The predicted octanol–water partition coefficient (Wildman–Crippen LogP) is 2.84. The SMILES string of the molecule is CC[Si](CC)(CC)OCC(C)C=O. The van der Waals surface area contributed by atoms with E-state index in [-0.39, 0.29) is 5.92 Å². The molecule has 0 aliphatic rings. The van der Waals surface area contributed by atoms with Gasteiger partial charge < -0.3 is 9.22 Å². The van der Waals surface area contributed by atoms with E-state index in [1.54, 1.807) is 0 Å². The number of hydrogen-bond acceptors (Lipinski definition) is 2. The van der Waals surface area contributed by atoms with Crippen LogP contribution in [0.1, 0.15) is 27.7 Å². The Hall–Kier alpha value is -0.153. The van der Waals surface area contributed by atoms with Crippen molar-refractivity contribution in [2.24, 2.45) is 5.92 Å². The van der Waals surface area contributed by atoms with Gasteiger partial charge in [0.2, 0.25) is 0 Å². The second-order valence-electron chi connectivity index (χ2n) is 3.67. The summed E-state index contributed by atoms with van der Waals surface area (Å²) in [4.78, 5) is 10.4. The average molecular weight is 202 g/mol. The minimum atomic E-state index is -1.46. The van der Waals surface area contributed by atoms with Crippen molar-refractivity contribution in [2.75, 3.05) is 6.61 Å². The van der Waals surface area contributed by atoms with Crippen molar-refractivity contribution in [3.8, 4) is 0 Å². The minimum Gasteiger partial charge on any atom is -0.416 e. The van der Waals surface area contributed by atoms with Gasteiger partial charge in [0.05, 0.1) is 0 Å². The highest BCUT2D eigenvalue weighted by atomic mass is 28.4. The molecule has 0 radical (unpaired) electrons. The smallest absolute Gasteiger partial charge is 0.192 e. The monoisotopic (exact) mass is 202 g/mol. The van der Waals surface area contributed by atoms with E-state index in [2.05, 4.69) is 20.8 Å². The standard InChI is InChI=1S/C10H22O2Si/c1-5-13(6-2,7-3)12-9-10(4)8-11/h8,10H,5-7,9H2,1-4H3. The van der Waals surface area contributed by atoms with Gasteiger partial charge in [-0.25, -0.2) is 0 Å². The van der Waals surface area contributed by atoms with Crippen LogP contribution in [-0.4, -0.2) is 21.2 Å². The van der Waals surface area contributed by atoms with Gasteiger partial charge in [0.15, 0.2) is 8.32 Å². The zero-order valence-electron chi connectivity index (χ0n) is 9.30. The lowest BCUT2D eigenvalue weighted by atomic mass is 10.2. The maximum atomic E-state index is 10.4. The lowest BCUT2D eigenvalue weighted by Gasteiger charge is -2.28. The van der Waals surface area contributed by atoms with E-state index in [4.69, 9.17) is 4.43 Å². The molecule has 2 nitrogen and oxygen atoms in total. The van der Waals surface area contributed by atoms with Gasteiger partial charge in [0.25, 0.3) is 0 Å². The predicted molar refractivity (Wildman–Crippen MR) is 58.4 cm³/mol. The summed E-state index contributed by atoms with van der Waals surface area (Å²) in [7, 11) is -1.46. The quantitative estimate of drug-likeness (QED) is 0.469. The Bertz CT molecular complexity index is 136. The zero-order valence-corrected chi connectivity index (χ0v) is 10.3. The van der Waals surface area contributed by atoms with Crippen LogP contribution in [0.4, 0.5) is 0 Å². The number of hydrogen-bond donors (Lipinski definition) is 0. The second-order valence-corrected chi connectivity index (χ2v) is 8.44. The number of carbonyl (C=O) groups is 1. The van der Waals surface area contributed by atoms with Crippen LogP contribution in [0.2, 0.25) is 18.1 Å². The molecule has 0 bridgehead atoms. The van der Waals surface area contributed by atoms with Gasteiger partial charge in [-0.15, -0.1) is 0 Å². The summed E-state index contributed by atoms with van der Waals surface area (Å²) in [5.41, 5.74) is 0. The molecule has 1 unspecified atom stereocenters. The molecule has 0 aromatic heterocycles. The molecule has 0 rings (SSSR count). The maximum absolute atomic E-state index is 10.4. The van der Waals surface area contributed by atoms with Gasteiger partial charge in [0.1, 0.15) is 6.29 Å². The molecule has 0 aromatic carbocycles. The Morgan fingerprint density at radius 3 is 2.00 bits per heavy atom. The highest BCUT2D eigenvalue weighted by molar-refractivity contribution is 6.73. The van der Waals surface area contributed by atoms with Crippen LogP contribution < -0.4 is 0 Å². The van der Waals surface area contributed by atoms with Gasteiger partial charge in [-0.2, -0.15) is 0 Å². The van der Waals surface area contributed by atoms with Gasteiger partial charge >= 0.3 is 0 Å². The van der Waals surface area contributed by atoms with Crippen molar-refractivity contribution in [1.29, 1.82) is 0 Å². The summed E-state index contributed by atoms with van der Waals surface area (Å²) in [5, 5.41) is 0. The van der Waals surface area contributed by atoms with Gasteiger partial charge in [-0.3, -0.25) is 0 Å². The van der Waals surface area contributed by atoms with Crippen molar-refractivity contribution in [3.63, 3.8) is 0 Å². The Morgan fingerprint density at radius 1 is 1.23 bits per heavy atom. The van der Waals surface area contributed by atoms with Crippen molar-refractivity contribution >= 4 is 14.6 Å². The third kappa shape index (κ3) is 4.05. The molecule has 0 saturated carbocycles. The van der Waals surface area contributed by atoms with Crippen LogP contribution in [0.3, 0.4) is 0 Å². The first-order chi connectivity index (χ1) is 6.14.